The number of nitrogen functional groups attached to an aromatic ring is 1. The van der Waals surface area contributed by atoms with E-state index in [0.29, 0.717) is 6.54 Å². The van der Waals surface area contributed by atoms with Gasteiger partial charge in [-0.25, -0.2) is 0 Å². The summed E-state index contributed by atoms with van der Waals surface area (Å²) in [4.78, 5) is 15.9. The van der Waals surface area contributed by atoms with Gasteiger partial charge in [0.1, 0.15) is 0 Å². The minimum Gasteiger partial charge on any atom is -0.399 e. The molecule has 1 aromatic carbocycles. The number of hydrogen-bond acceptors (Lipinski definition) is 3. The maximum Gasteiger partial charge on any atom is 0.236 e. The number of anilines is 1. The Balaban J connectivity index is 2.13. The molecule has 2 N–H and O–H groups in total. The van der Waals surface area contributed by atoms with Gasteiger partial charge in [-0.15, -0.1) is 0 Å². The number of benzene rings is 1. The topological polar surface area (TPSA) is 49.6 Å². The normalized spacial score (nSPS) is 19.7. The molecule has 0 spiro atoms. The van der Waals surface area contributed by atoms with Crippen LogP contribution in [0, 0.1) is 0 Å². The summed E-state index contributed by atoms with van der Waals surface area (Å²) in [5.74, 6) is 0.197. The molecule has 1 amide bonds. The van der Waals surface area contributed by atoms with E-state index in [-0.39, 0.29) is 11.9 Å². The Morgan fingerprint density at radius 1 is 1.33 bits per heavy atom. The molecule has 1 heterocycles. The maximum absolute atomic E-state index is 11.9. The molecule has 1 unspecified atom stereocenters. The zero-order valence-corrected chi connectivity index (χ0v) is 11.1. The molecule has 0 aromatic heterocycles. The number of likely N-dealkylation sites (N-methyl/N-ethyl adjacent to an activating group) is 1. The van der Waals surface area contributed by atoms with Gasteiger partial charge in [-0.05, 0) is 31.0 Å². The number of nitrogens with two attached hydrogens (primary N) is 1. The van der Waals surface area contributed by atoms with Crippen LogP contribution in [-0.2, 0) is 4.79 Å². The van der Waals surface area contributed by atoms with Gasteiger partial charge in [-0.2, -0.15) is 0 Å². The molecular formula is C14H21N3O. The molecule has 1 atom stereocenters. The Morgan fingerprint density at radius 2 is 2.11 bits per heavy atom. The minimum absolute atomic E-state index is 0.197. The second-order valence-corrected chi connectivity index (χ2v) is 4.99. The zero-order valence-electron chi connectivity index (χ0n) is 11.1. The van der Waals surface area contributed by atoms with Crippen LogP contribution >= 0.6 is 0 Å². The number of amides is 1. The molecule has 0 bridgehead atoms. The SMILES string of the molecule is CC(c1cccc(N)c1)N1CCCN(C)C(=O)C1. The van der Waals surface area contributed by atoms with Crippen molar-refractivity contribution < 1.29 is 4.79 Å². The average molecular weight is 247 g/mol. The first kappa shape index (κ1) is 12.9. The summed E-state index contributed by atoms with van der Waals surface area (Å²) in [5.41, 5.74) is 7.76. The molecule has 1 aliphatic rings. The molecular weight excluding hydrogens is 226 g/mol. The largest absolute Gasteiger partial charge is 0.399 e. The van der Waals surface area contributed by atoms with E-state index in [1.807, 2.05) is 30.1 Å². The highest BCUT2D eigenvalue weighted by Crippen LogP contribution is 2.23. The van der Waals surface area contributed by atoms with Crippen molar-refractivity contribution in [3.8, 4) is 0 Å². The van der Waals surface area contributed by atoms with Crippen LogP contribution in [-0.4, -0.2) is 42.4 Å². The van der Waals surface area contributed by atoms with Gasteiger partial charge < -0.3 is 10.6 Å². The van der Waals surface area contributed by atoms with Crippen molar-refractivity contribution in [3.63, 3.8) is 0 Å². The number of hydrogen-bond donors (Lipinski definition) is 1. The summed E-state index contributed by atoms with van der Waals surface area (Å²) in [6.07, 6.45) is 1.02. The van der Waals surface area contributed by atoms with Gasteiger partial charge in [0.25, 0.3) is 0 Å². The lowest BCUT2D eigenvalue weighted by molar-refractivity contribution is -0.130. The third-order valence-electron chi connectivity index (χ3n) is 3.64. The fourth-order valence-corrected chi connectivity index (χ4v) is 2.37. The van der Waals surface area contributed by atoms with Gasteiger partial charge in [0, 0.05) is 31.9 Å². The Hall–Kier alpha value is -1.55. The molecule has 2 rings (SSSR count). The second-order valence-electron chi connectivity index (χ2n) is 4.99. The van der Waals surface area contributed by atoms with Crippen LogP contribution in [0.4, 0.5) is 5.69 Å². The fraction of sp³-hybridized carbons (Fsp3) is 0.500. The van der Waals surface area contributed by atoms with Gasteiger partial charge in [0.2, 0.25) is 5.91 Å². The minimum atomic E-state index is 0.197. The van der Waals surface area contributed by atoms with Gasteiger partial charge in [0.05, 0.1) is 6.54 Å². The van der Waals surface area contributed by atoms with Crippen molar-refractivity contribution in [1.29, 1.82) is 0 Å². The number of rotatable bonds is 2. The van der Waals surface area contributed by atoms with Gasteiger partial charge in [-0.1, -0.05) is 12.1 Å². The van der Waals surface area contributed by atoms with Crippen molar-refractivity contribution in [2.24, 2.45) is 0 Å². The standard InChI is InChI=1S/C14H21N3O/c1-11(12-5-3-6-13(15)9-12)17-8-4-7-16(2)14(18)10-17/h3,5-6,9,11H,4,7-8,10,15H2,1-2H3. The lowest BCUT2D eigenvalue weighted by Crippen LogP contribution is -2.35. The van der Waals surface area contributed by atoms with Crippen LogP contribution in [0.2, 0.25) is 0 Å². The molecule has 1 fully saturated rings. The highest BCUT2D eigenvalue weighted by atomic mass is 16.2. The molecule has 0 aliphatic carbocycles. The first-order valence-electron chi connectivity index (χ1n) is 6.41. The quantitative estimate of drug-likeness (QED) is 0.806. The summed E-state index contributed by atoms with van der Waals surface area (Å²) in [6, 6.07) is 8.14. The van der Waals surface area contributed by atoms with E-state index >= 15 is 0 Å². The summed E-state index contributed by atoms with van der Waals surface area (Å²) in [7, 11) is 1.87. The zero-order chi connectivity index (χ0) is 13.1. The molecule has 0 radical (unpaired) electrons. The summed E-state index contributed by atoms with van der Waals surface area (Å²) < 4.78 is 0. The lowest BCUT2D eigenvalue weighted by Gasteiger charge is -2.27. The van der Waals surface area contributed by atoms with Gasteiger partial charge in [0.15, 0.2) is 0 Å². The number of carbonyl (C=O) groups is 1. The van der Waals surface area contributed by atoms with Crippen molar-refractivity contribution >= 4 is 11.6 Å². The molecule has 18 heavy (non-hydrogen) atoms. The fourth-order valence-electron chi connectivity index (χ4n) is 2.37. The van der Waals surface area contributed by atoms with E-state index in [4.69, 9.17) is 5.73 Å². The van der Waals surface area contributed by atoms with Crippen LogP contribution in [0.1, 0.15) is 24.9 Å². The monoisotopic (exact) mass is 247 g/mol. The van der Waals surface area contributed by atoms with Crippen LogP contribution in [0.25, 0.3) is 0 Å². The van der Waals surface area contributed by atoms with E-state index in [1.165, 1.54) is 5.56 Å². The van der Waals surface area contributed by atoms with Crippen molar-refractivity contribution in [3.05, 3.63) is 29.8 Å². The van der Waals surface area contributed by atoms with Crippen LogP contribution < -0.4 is 5.73 Å². The summed E-state index contributed by atoms with van der Waals surface area (Å²) in [6.45, 7) is 4.42. The maximum atomic E-state index is 11.9. The molecule has 1 aliphatic heterocycles. The van der Waals surface area contributed by atoms with Gasteiger partial charge in [-0.3, -0.25) is 9.69 Å². The first-order chi connectivity index (χ1) is 8.58. The third-order valence-corrected chi connectivity index (χ3v) is 3.64. The van der Waals surface area contributed by atoms with Crippen molar-refractivity contribution in [2.45, 2.75) is 19.4 Å². The van der Waals surface area contributed by atoms with Crippen LogP contribution in [0.3, 0.4) is 0 Å². The Bertz CT molecular complexity index is 433. The van der Waals surface area contributed by atoms with E-state index in [0.717, 1.165) is 25.2 Å². The Labute approximate surface area is 108 Å². The highest BCUT2D eigenvalue weighted by Gasteiger charge is 2.23. The second kappa shape index (κ2) is 5.40. The number of carbonyl (C=O) groups excluding carboxylic acids is 1. The van der Waals surface area contributed by atoms with Crippen molar-refractivity contribution in [1.82, 2.24) is 9.80 Å². The Morgan fingerprint density at radius 3 is 2.83 bits per heavy atom. The summed E-state index contributed by atoms with van der Waals surface area (Å²) in [5, 5.41) is 0. The third kappa shape index (κ3) is 2.82. The molecule has 0 saturated carbocycles. The van der Waals surface area contributed by atoms with E-state index < -0.39 is 0 Å². The molecule has 98 valence electrons. The van der Waals surface area contributed by atoms with Gasteiger partial charge >= 0.3 is 0 Å². The molecule has 4 nitrogen and oxygen atoms in total. The average Bonchev–Trinajstić information content (AvgIpc) is 2.51. The van der Waals surface area contributed by atoms with Crippen LogP contribution in [0.15, 0.2) is 24.3 Å². The lowest BCUT2D eigenvalue weighted by atomic mass is 10.1. The molecule has 1 saturated heterocycles. The smallest absolute Gasteiger partial charge is 0.236 e. The number of nitrogens with zero attached hydrogens (tertiary/aromatic N) is 2. The van der Waals surface area contributed by atoms with E-state index in [9.17, 15) is 4.79 Å². The predicted molar refractivity (Wildman–Crippen MR) is 73.1 cm³/mol. The van der Waals surface area contributed by atoms with Crippen LogP contribution in [0.5, 0.6) is 0 Å². The highest BCUT2D eigenvalue weighted by molar-refractivity contribution is 5.78. The Kier molecular flexibility index (Phi) is 3.87. The molecule has 4 heteroatoms. The van der Waals surface area contributed by atoms with E-state index in [2.05, 4.69) is 17.9 Å². The van der Waals surface area contributed by atoms with Crippen molar-refractivity contribution in [2.75, 3.05) is 32.4 Å². The first-order valence-corrected chi connectivity index (χ1v) is 6.41. The van der Waals surface area contributed by atoms with E-state index in [1.54, 1.807) is 0 Å². The molecule has 1 aromatic rings. The summed E-state index contributed by atoms with van der Waals surface area (Å²) >= 11 is 0. The predicted octanol–water partition coefficient (Wildman–Crippen LogP) is 1.49.